The van der Waals surface area contributed by atoms with Crippen molar-refractivity contribution < 1.29 is 24.2 Å². The van der Waals surface area contributed by atoms with E-state index in [4.69, 9.17) is 0 Å². The summed E-state index contributed by atoms with van der Waals surface area (Å²) in [6, 6.07) is -1.21. The van der Waals surface area contributed by atoms with E-state index in [0.717, 1.165) is 32.2 Å². The molecule has 5 atom stereocenters. The number of amides is 2. The molecule has 0 radical (unpaired) electrons. The number of ether oxygens (including phenoxy) is 1. The number of hydrogen-bond donors (Lipinski definition) is 3. The Morgan fingerprint density at radius 2 is 1.97 bits per heavy atom. The second-order valence-electron chi connectivity index (χ2n) is 9.54. The molecule has 1 aromatic heterocycles. The lowest BCUT2D eigenvalue weighted by Gasteiger charge is -2.34. The van der Waals surface area contributed by atoms with Crippen LogP contribution >= 0.6 is 11.3 Å². The molecule has 2 heterocycles. The van der Waals surface area contributed by atoms with E-state index in [1.807, 2.05) is 39.6 Å². The number of nitrogens with one attached hydrogen (secondary N) is 2. The topological polar surface area (TPSA) is 121 Å². The smallest absolute Gasteiger partial charge is 0.357 e. The number of aromatic nitrogens is 1. The maximum Gasteiger partial charge on any atom is 0.357 e. The first-order chi connectivity index (χ1) is 16.1. The number of aliphatic hydroxyl groups is 1. The monoisotopic (exact) mass is 496 g/mol. The zero-order valence-electron chi connectivity index (χ0n) is 21.2. The van der Waals surface area contributed by atoms with Gasteiger partial charge in [0.25, 0.3) is 0 Å². The number of esters is 1. The molecule has 34 heavy (non-hydrogen) atoms. The molecule has 1 fully saturated rings. The van der Waals surface area contributed by atoms with Crippen molar-refractivity contribution in [1.29, 1.82) is 0 Å². The minimum Gasteiger partial charge on any atom is -0.464 e. The van der Waals surface area contributed by atoms with Crippen LogP contribution in [0.1, 0.15) is 81.4 Å². The summed E-state index contributed by atoms with van der Waals surface area (Å²) in [4.78, 5) is 44.2. The molecule has 0 saturated carbocycles. The van der Waals surface area contributed by atoms with Crippen LogP contribution in [0.3, 0.4) is 0 Å². The molecule has 0 aromatic carbocycles. The van der Waals surface area contributed by atoms with Crippen molar-refractivity contribution in [3.05, 3.63) is 16.1 Å². The van der Waals surface area contributed by atoms with Crippen LogP contribution in [0.25, 0.3) is 0 Å². The highest BCUT2D eigenvalue weighted by Gasteiger charge is 2.33. The summed E-state index contributed by atoms with van der Waals surface area (Å²) in [7, 11) is 3.23. The Labute approximate surface area is 206 Å². The molecule has 192 valence electrons. The molecule has 0 unspecified atom stereocenters. The summed E-state index contributed by atoms with van der Waals surface area (Å²) in [6.45, 7) is 8.76. The Morgan fingerprint density at radius 1 is 1.26 bits per heavy atom. The fourth-order valence-electron chi connectivity index (χ4n) is 4.11. The first-order valence-corrected chi connectivity index (χ1v) is 13.0. The summed E-state index contributed by atoms with van der Waals surface area (Å²) in [5, 5.41) is 18.7. The lowest BCUT2D eigenvalue weighted by atomic mass is 9.94. The molecule has 1 saturated heterocycles. The van der Waals surface area contributed by atoms with Crippen LogP contribution < -0.4 is 10.6 Å². The van der Waals surface area contributed by atoms with Gasteiger partial charge >= 0.3 is 5.97 Å². The fraction of sp³-hybridized carbons (Fsp3) is 0.750. The molecule has 2 amide bonds. The number of carbonyl (C=O) groups is 3. The van der Waals surface area contributed by atoms with Gasteiger partial charge in [-0.25, -0.2) is 9.78 Å². The van der Waals surface area contributed by atoms with Gasteiger partial charge in [-0.3, -0.25) is 14.5 Å². The van der Waals surface area contributed by atoms with Gasteiger partial charge in [-0.05, 0) is 38.3 Å². The first kappa shape index (κ1) is 28.2. The molecular formula is C24H40N4O5S. The highest BCUT2D eigenvalue weighted by atomic mass is 32.1. The molecule has 0 bridgehead atoms. The first-order valence-electron chi connectivity index (χ1n) is 12.1. The van der Waals surface area contributed by atoms with Crippen molar-refractivity contribution in [2.45, 2.75) is 84.0 Å². The lowest BCUT2D eigenvalue weighted by Crippen LogP contribution is -2.57. The van der Waals surface area contributed by atoms with E-state index in [-0.39, 0.29) is 47.8 Å². The average molecular weight is 497 g/mol. The Hall–Kier alpha value is -2.04. The van der Waals surface area contributed by atoms with E-state index < -0.39 is 18.1 Å². The molecule has 10 heteroatoms. The van der Waals surface area contributed by atoms with Gasteiger partial charge in [-0.15, -0.1) is 11.3 Å². The van der Waals surface area contributed by atoms with E-state index in [2.05, 4.69) is 20.4 Å². The number of likely N-dealkylation sites (N-methyl/N-ethyl adjacent to an activating group) is 1. The highest BCUT2D eigenvalue weighted by molar-refractivity contribution is 7.09. The zero-order chi connectivity index (χ0) is 25.4. The summed E-state index contributed by atoms with van der Waals surface area (Å²) in [5.74, 6) is -0.920. The number of carbonyl (C=O) groups excluding carboxylic acids is 3. The average Bonchev–Trinajstić information content (AvgIpc) is 3.31. The zero-order valence-corrected chi connectivity index (χ0v) is 22.0. The lowest BCUT2D eigenvalue weighted by molar-refractivity contribution is -0.134. The standard InChI is InChI=1S/C24H40N4O5S/c1-7-15(4)20(27-21(30)18-10-8-9-11-28(18)5)22(31)25-16(14(2)3)12-19(29)23-26-17(13-34-23)24(32)33-6/h13-16,18-20,29H,7-12H2,1-6H3,(H,25,31)(H,27,30)/t15-,16+,18+,19+,20-/m0/s1. The van der Waals surface area contributed by atoms with E-state index in [0.29, 0.717) is 5.01 Å². The number of methoxy groups -OCH3 is 1. The van der Waals surface area contributed by atoms with Gasteiger partial charge in [0.15, 0.2) is 5.69 Å². The Balaban J connectivity index is 2.08. The van der Waals surface area contributed by atoms with Crippen LogP contribution in [0.2, 0.25) is 0 Å². The number of aliphatic hydroxyl groups excluding tert-OH is 1. The number of nitrogens with zero attached hydrogens (tertiary/aromatic N) is 2. The van der Waals surface area contributed by atoms with Gasteiger partial charge < -0.3 is 20.5 Å². The third kappa shape index (κ3) is 7.48. The van der Waals surface area contributed by atoms with E-state index >= 15 is 0 Å². The van der Waals surface area contributed by atoms with Gasteiger partial charge in [0.1, 0.15) is 17.2 Å². The normalized spacial score (nSPS) is 20.3. The second kappa shape index (κ2) is 13.2. The molecule has 2 rings (SSSR count). The van der Waals surface area contributed by atoms with Gasteiger partial charge in [0, 0.05) is 17.8 Å². The summed E-state index contributed by atoms with van der Waals surface area (Å²) < 4.78 is 4.67. The SMILES string of the molecule is CC[C@H](C)[C@H](NC(=O)[C@H]1CCCCN1C)C(=O)N[C@H](C[C@@H](O)c1nc(C(=O)OC)cs1)C(C)C. The Kier molecular flexibility index (Phi) is 10.9. The van der Waals surface area contributed by atoms with Crippen molar-refractivity contribution in [1.82, 2.24) is 20.5 Å². The third-order valence-corrected chi connectivity index (χ3v) is 7.62. The Bertz CT molecular complexity index is 830. The van der Waals surface area contributed by atoms with E-state index in [9.17, 15) is 19.5 Å². The molecule has 0 spiro atoms. The van der Waals surface area contributed by atoms with E-state index in [1.54, 1.807) is 5.38 Å². The number of rotatable bonds is 11. The maximum atomic E-state index is 13.3. The largest absolute Gasteiger partial charge is 0.464 e. The van der Waals surface area contributed by atoms with Crippen LogP contribution in [0.4, 0.5) is 0 Å². The minimum atomic E-state index is -0.941. The van der Waals surface area contributed by atoms with Crippen LogP contribution in [-0.2, 0) is 14.3 Å². The van der Waals surface area contributed by atoms with Crippen molar-refractivity contribution in [3.63, 3.8) is 0 Å². The molecule has 3 N–H and O–H groups in total. The van der Waals surface area contributed by atoms with Crippen LogP contribution in [0, 0.1) is 11.8 Å². The van der Waals surface area contributed by atoms with Gasteiger partial charge in [-0.1, -0.05) is 40.5 Å². The van der Waals surface area contributed by atoms with Gasteiger partial charge in [-0.2, -0.15) is 0 Å². The van der Waals surface area contributed by atoms with Crippen LogP contribution in [0.15, 0.2) is 5.38 Å². The summed E-state index contributed by atoms with van der Waals surface area (Å²) in [6.07, 6.45) is 2.91. The molecule has 9 nitrogen and oxygen atoms in total. The second-order valence-corrected chi connectivity index (χ2v) is 10.4. The maximum absolute atomic E-state index is 13.3. The quantitative estimate of drug-likeness (QED) is 0.403. The molecule has 0 aliphatic carbocycles. The van der Waals surface area contributed by atoms with Crippen molar-refractivity contribution in [2.75, 3.05) is 20.7 Å². The van der Waals surface area contributed by atoms with Crippen molar-refractivity contribution >= 4 is 29.1 Å². The number of hydrogen-bond acceptors (Lipinski definition) is 8. The number of likely N-dealkylation sites (tertiary alicyclic amines) is 1. The van der Waals surface area contributed by atoms with Crippen molar-refractivity contribution in [3.8, 4) is 0 Å². The predicted octanol–water partition coefficient (Wildman–Crippen LogP) is 2.51. The van der Waals surface area contributed by atoms with E-state index in [1.165, 1.54) is 18.4 Å². The Morgan fingerprint density at radius 3 is 2.56 bits per heavy atom. The van der Waals surface area contributed by atoms with Crippen LogP contribution in [0.5, 0.6) is 0 Å². The summed E-state index contributed by atoms with van der Waals surface area (Å²) in [5.41, 5.74) is 0.152. The molecule has 1 aliphatic rings. The molecule has 1 aliphatic heterocycles. The van der Waals surface area contributed by atoms with Gasteiger partial charge in [0.05, 0.1) is 13.2 Å². The molecular weight excluding hydrogens is 456 g/mol. The fourth-order valence-corrected chi connectivity index (χ4v) is 4.89. The van der Waals surface area contributed by atoms with Crippen LogP contribution in [-0.4, -0.2) is 71.6 Å². The highest BCUT2D eigenvalue weighted by Crippen LogP contribution is 2.25. The summed E-state index contributed by atoms with van der Waals surface area (Å²) >= 11 is 1.18. The molecule has 1 aromatic rings. The van der Waals surface area contributed by atoms with Crippen molar-refractivity contribution in [2.24, 2.45) is 11.8 Å². The van der Waals surface area contributed by atoms with Gasteiger partial charge in [0.2, 0.25) is 11.8 Å². The third-order valence-electron chi connectivity index (χ3n) is 6.68. The predicted molar refractivity (Wildman–Crippen MR) is 131 cm³/mol. The number of piperidine rings is 1. The minimum absolute atomic E-state index is 0.0383. The number of thiazole rings is 1.